The van der Waals surface area contributed by atoms with Crippen molar-refractivity contribution in [2.24, 2.45) is 5.92 Å². The van der Waals surface area contributed by atoms with Crippen molar-refractivity contribution in [1.82, 2.24) is 30.5 Å². The minimum Gasteiger partial charge on any atom is -0.339 e. The average molecular weight is 368 g/mol. The van der Waals surface area contributed by atoms with Gasteiger partial charge < -0.3 is 4.90 Å². The van der Waals surface area contributed by atoms with Crippen molar-refractivity contribution in [2.45, 2.75) is 45.2 Å². The molecule has 0 spiro atoms. The van der Waals surface area contributed by atoms with Gasteiger partial charge in [0.05, 0.1) is 11.8 Å². The van der Waals surface area contributed by atoms with E-state index in [4.69, 9.17) is 0 Å². The zero-order chi connectivity index (χ0) is 18.8. The van der Waals surface area contributed by atoms with Crippen molar-refractivity contribution in [3.63, 3.8) is 0 Å². The van der Waals surface area contributed by atoms with Crippen LogP contribution in [0.25, 0.3) is 0 Å². The highest BCUT2D eigenvalue weighted by Crippen LogP contribution is 2.32. The Morgan fingerprint density at radius 1 is 1.26 bits per heavy atom. The van der Waals surface area contributed by atoms with E-state index in [-0.39, 0.29) is 5.91 Å². The number of hydrazine groups is 1. The molecule has 0 aliphatic carbocycles. The summed E-state index contributed by atoms with van der Waals surface area (Å²) < 4.78 is 1.88. The van der Waals surface area contributed by atoms with E-state index in [1.165, 1.54) is 5.56 Å². The molecule has 144 valence electrons. The Morgan fingerprint density at radius 2 is 2.00 bits per heavy atom. The second-order valence-corrected chi connectivity index (χ2v) is 7.53. The molecule has 0 aromatic carbocycles. The van der Waals surface area contributed by atoms with E-state index < -0.39 is 0 Å². The Labute approximate surface area is 160 Å². The highest BCUT2D eigenvalue weighted by molar-refractivity contribution is 5.95. The molecular weight excluding hydrogens is 340 g/mol. The molecule has 0 radical (unpaired) electrons. The SMILES string of the molecule is CCn1ncc(C(=O)N2CCC(C3NNCC3c3ccncc3)CC2)c1C. The van der Waals surface area contributed by atoms with Gasteiger partial charge in [-0.3, -0.25) is 25.3 Å². The number of likely N-dealkylation sites (tertiary alicyclic amines) is 1. The fraction of sp³-hybridized carbons (Fsp3) is 0.550. The number of nitrogens with zero attached hydrogens (tertiary/aromatic N) is 4. The smallest absolute Gasteiger partial charge is 0.257 e. The van der Waals surface area contributed by atoms with Gasteiger partial charge in [-0.15, -0.1) is 0 Å². The second-order valence-electron chi connectivity index (χ2n) is 7.53. The van der Waals surface area contributed by atoms with Gasteiger partial charge in [0.15, 0.2) is 0 Å². The van der Waals surface area contributed by atoms with E-state index >= 15 is 0 Å². The van der Waals surface area contributed by atoms with Crippen LogP contribution in [-0.2, 0) is 6.54 Å². The van der Waals surface area contributed by atoms with Crippen LogP contribution in [0.4, 0.5) is 0 Å². The van der Waals surface area contributed by atoms with Gasteiger partial charge in [-0.25, -0.2) is 0 Å². The quantitative estimate of drug-likeness (QED) is 0.860. The number of rotatable bonds is 4. The van der Waals surface area contributed by atoms with Crippen molar-refractivity contribution in [3.05, 3.63) is 47.5 Å². The molecule has 4 heterocycles. The van der Waals surface area contributed by atoms with Gasteiger partial charge in [0, 0.05) is 56.2 Å². The molecule has 0 bridgehead atoms. The summed E-state index contributed by atoms with van der Waals surface area (Å²) in [4.78, 5) is 19.0. The van der Waals surface area contributed by atoms with Crippen LogP contribution < -0.4 is 10.9 Å². The zero-order valence-electron chi connectivity index (χ0n) is 16.1. The number of aromatic nitrogens is 3. The molecule has 0 saturated carbocycles. The van der Waals surface area contributed by atoms with Crippen LogP contribution in [0.3, 0.4) is 0 Å². The predicted octanol–water partition coefficient (Wildman–Crippen LogP) is 1.72. The van der Waals surface area contributed by atoms with Crippen molar-refractivity contribution in [1.29, 1.82) is 0 Å². The normalized spacial score (nSPS) is 23.7. The van der Waals surface area contributed by atoms with Gasteiger partial charge in [0.25, 0.3) is 5.91 Å². The van der Waals surface area contributed by atoms with Crippen molar-refractivity contribution in [2.75, 3.05) is 19.6 Å². The lowest BCUT2D eigenvalue weighted by molar-refractivity contribution is 0.0669. The summed E-state index contributed by atoms with van der Waals surface area (Å²) in [6.07, 6.45) is 7.49. The maximum Gasteiger partial charge on any atom is 0.257 e. The van der Waals surface area contributed by atoms with E-state index in [9.17, 15) is 4.79 Å². The van der Waals surface area contributed by atoms with Gasteiger partial charge in [-0.2, -0.15) is 5.10 Å². The number of amides is 1. The Balaban J connectivity index is 1.40. The molecule has 7 nitrogen and oxygen atoms in total. The number of aryl methyl sites for hydroxylation is 1. The fourth-order valence-corrected chi connectivity index (χ4v) is 4.50. The van der Waals surface area contributed by atoms with E-state index in [0.29, 0.717) is 17.9 Å². The summed E-state index contributed by atoms with van der Waals surface area (Å²) >= 11 is 0. The molecule has 2 aromatic heterocycles. The summed E-state index contributed by atoms with van der Waals surface area (Å²) in [6, 6.07) is 4.62. The monoisotopic (exact) mass is 368 g/mol. The average Bonchev–Trinajstić information content (AvgIpc) is 3.35. The first-order valence-corrected chi connectivity index (χ1v) is 9.89. The maximum absolute atomic E-state index is 12.9. The summed E-state index contributed by atoms with van der Waals surface area (Å²) in [5.41, 5.74) is 9.85. The highest BCUT2D eigenvalue weighted by Gasteiger charge is 2.37. The molecule has 2 fully saturated rings. The largest absolute Gasteiger partial charge is 0.339 e. The first kappa shape index (κ1) is 18.1. The van der Waals surface area contributed by atoms with E-state index in [1.807, 2.05) is 35.8 Å². The van der Waals surface area contributed by atoms with E-state index in [2.05, 4.69) is 33.1 Å². The Bertz CT molecular complexity index is 781. The van der Waals surface area contributed by atoms with Gasteiger partial charge in [0.1, 0.15) is 0 Å². The Morgan fingerprint density at radius 3 is 2.67 bits per heavy atom. The molecule has 27 heavy (non-hydrogen) atoms. The first-order valence-electron chi connectivity index (χ1n) is 9.89. The Hall–Kier alpha value is -2.25. The lowest BCUT2D eigenvalue weighted by Crippen LogP contribution is -2.45. The number of hydrogen-bond acceptors (Lipinski definition) is 5. The maximum atomic E-state index is 12.9. The number of carbonyl (C=O) groups is 1. The minimum absolute atomic E-state index is 0.119. The summed E-state index contributed by atoms with van der Waals surface area (Å²) in [7, 11) is 0. The molecular formula is C20H28N6O. The summed E-state index contributed by atoms with van der Waals surface area (Å²) in [6.45, 7) is 7.36. The van der Waals surface area contributed by atoms with Crippen LogP contribution in [0, 0.1) is 12.8 Å². The molecule has 2 unspecified atom stereocenters. The number of hydrogen-bond donors (Lipinski definition) is 2. The van der Waals surface area contributed by atoms with Crippen LogP contribution in [0.2, 0.25) is 0 Å². The summed E-state index contributed by atoms with van der Waals surface area (Å²) in [5, 5.41) is 4.32. The first-order chi connectivity index (χ1) is 13.2. The lowest BCUT2D eigenvalue weighted by Gasteiger charge is -2.36. The van der Waals surface area contributed by atoms with Gasteiger partial charge in [0.2, 0.25) is 0 Å². The number of pyridine rings is 1. The van der Waals surface area contributed by atoms with Gasteiger partial charge in [-0.05, 0) is 50.3 Å². The van der Waals surface area contributed by atoms with Crippen LogP contribution in [0.15, 0.2) is 30.7 Å². The third-order valence-electron chi connectivity index (χ3n) is 6.13. The van der Waals surface area contributed by atoms with Crippen LogP contribution in [-0.4, -0.2) is 51.2 Å². The molecule has 2 saturated heterocycles. The fourth-order valence-electron chi connectivity index (χ4n) is 4.50. The third-order valence-corrected chi connectivity index (χ3v) is 6.13. The predicted molar refractivity (Wildman–Crippen MR) is 103 cm³/mol. The summed E-state index contributed by atoms with van der Waals surface area (Å²) in [5.74, 6) is 1.13. The third kappa shape index (κ3) is 3.49. The van der Waals surface area contributed by atoms with Crippen LogP contribution in [0.1, 0.15) is 47.3 Å². The molecule has 2 aliphatic heterocycles. The molecule has 2 aliphatic rings. The van der Waals surface area contributed by atoms with Crippen LogP contribution in [0.5, 0.6) is 0 Å². The van der Waals surface area contributed by atoms with E-state index in [1.54, 1.807) is 6.20 Å². The van der Waals surface area contributed by atoms with E-state index in [0.717, 1.165) is 50.3 Å². The zero-order valence-corrected chi connectivity index (χ0v) is 16.1. The molecule has 2 aromatic rings. The number of carbonyl (C=O) groups excluding carboxylic acids is 1. The van der Waals surface area contributed by atoms with Crippen LogP contribution >= 0.6 is 0 Å². The topological polar surface area (TPSA) is 75.1 Å². The molecule has 4 rings (SSSR count). The van der Waals surface area contributed by atoms with Gasteiger partial charge >= 0.3 is 0 Å². The second kappa shape index (κ2) is 7.78. The number of nitrogens with one attached hydrogen (secondary N) is 2. The number of piperidine rings is 1. The molecule has 2 atom stereocenters. The molecule has 1 amide bonds. The minimum atomic E-state index is 0.119. The Kier molecular flexibility index (Phi) is 5.22. The molecule has 7 heteroatoms. The van der Waals surface area contributed by atoms with Crippen molar-refractivity contribution in [3.8, 4) is 0 Å². The van der Waals surface area contributed by atoms with Crippen molar-refractivity contribution < 1.29 is 4.79 Å². The highest BCUT2D eigenvalue weighted by atomic mass is 16.2. The lowest BCUT2D eigenvalue weighted by atomic mass is 9.80. The van der Waals surface area contributed by atoms with Crippen molar-refractivity contribution >= 4 is 5.91 Å². The van der Waals surface area contributed by atoms with Gasteiger partial charge in [-0.1, -0.05) is 0 Å². The standard InChI is InChI=1S/C20H28N6O/c1-3-26-14(2)17(13-23-26)20(27)25-10-6-16(7-11-25)19-18(12-22-24-19)15-4-8-21-9-5-15/h4-5,8-9,13,16,18-19,22,24H,3,6-7,10-12H2,1-2H3. The molecule has 2 N–H and O–H groups in total.